The van der Waals surface area contributed by atoms with E-state index >= 15 is 0 Å². The van der Waals surface area contributed by atoms with Gasteiger partial charge in [-0.1, -0.05) is 24.3 Å². The Bertz CT molecular complexity index is 1090. The summed E-state index contributed by atoms with van der Waals surface area (Å²) in [4.78, 5) is 9.07. The third-order valence-electron chi connectivity index (χ3n) is 4.82. The minimum atomic E-state index is 0.271. The number of hydrogen-bond acceptors (Lipinski definition) is 6. The van der Waals surface area contributed by atoms with Gasteiger partial charge in [0, 0.05) is 25.4 Å². The summed E-state index contributed by atoms with van der Waals surface area (Å²) in [6.45, 7) is 6.68. The van der Waals surface area contributed by atoms with Gasteiger partial charge in [0.1, 0.15) is 0 Å². The fourth-order valence-corrected chi connectivity index (χ4v) is 3.24. The summed E-state index contributed by atoms with van der Waals surface area (Å²) < 4.78 is 22.3. The minimum absolute atomic E-state index is 0.271. The molecule has 1 aliphatic rings. The molecule has 2 aromatic carbocycles. The van der Waals surface area contributed by atoms with Crippen molar-refractivity contribution in [1.82, 2.24) is 15.6 Å². The molecule has 1 aromatic heterocycles. The zero-order valence-corrected chi connectivity index (χ0v) is 18.8. The SMILES string of the molecule is CCNC(=NCc1ccc(Oc2ccccc2OCC)nc1)NCc1ccc2c(c1)OCO2. The zero-order valence-electron chi connectivity index (χ0n) is 18.8. The average molecular weight is 449 g/mol. The molecule has 1 aliphatic heterocycles. The van der Waals surface area contributed by atoms with E-state index in [0.717, 1.165) is 35.1 Å². The number of guanidine groups is 1. The van der Waals surface area contributed by atoms with Gasteiger partial charge < -0.3 is 29.6 Å². The van der Waals surface area contributed by atoms with Gasteiger partial charge in [0.2, 0.25) is 12.7 Å². The van der Waals surface area contributed by atoms with Crippen molar-refractivity contribution in [3.05, 3.63) is 71.9 Å². The highest BCUT2D eigenvalue weighted by Gasteiger charge is 2.13. The van der Waals surface area contributed by atoms with Crippen LogP contribution >= 0.6 is 0 Å². The van der Waals surface area contributed by atoms with Gasteiger partial charge in [-0.05, 0) is 49.2 Å². The lowest BCUT2D eigenvalue weighted by molar-refractivity contribution is 0.174. The van der Waals surface area contributed by atoms with Gasteiger partial charge in [-0.3, -0.25) is 0 Å². The van der Waals surface area contributed by atoms with E-state index in [0.29, 0.717) is 37.1 Å². The van der Waals surface area contributed by atoms with Crippen molar-refractivity contribution in [1.29, 1.82) is 0 Å². The number of hydrogen-bond donors (Lipinski definition) is 2. The van der Waals surface area contributed by atoms with Gasteiger partial charge in [-0.15, -0.1) is 0 Å². The predicted molar refractivity (Wildman–Crippen MR) is 126 cm³/mol. The standard InChI is InChI=1S/C25H28N4O4/c1-3-26-25(28-14-18-9-11-21-23(13-18)32-17-31-21)29-16-19-10-12-24(27-15-19)33-22-8-6-5-7-20(22)30-4-2/h5-13,15H,3-4,14,16-17H2,1-2H3,(H2,26,28,29). The van der Waals surface area contributed by atoms with Crippen LogP contribution < -0.4 is 29.6 Å². The van der Waals surface area contributed by atoms with Crippen LogP contribution in [0, 0.1) is 0 Å². The highest BCUT2D eigenvalue weighted by atomic mass is 16.7. The third kappa shape index (κ3) is 6.06. The molecule has 0 bridgehead atoms. The van der Waals surface area contributed by atoms with Crippen molar-refractivity contribution in [2.24, 2.45) is 4.99 Å². The molecular formula is C25H28N4O4. The molecule has 0 atom stereocenters. The van der Waals surface area contributed by atoms with Gasteiger partial charge in [-0.25, -0.2) is 9.98 Å². The summed E-state index contributed by atoms with van der Waals surface area (Å²) in [5.74, 6) is 4.11. The molecule has 0 spiro atoms. The predicted octanol–water partition coefficient (Wildman–Crippen LogP) is 4.26. The molecule has 0 radical (unpaired) electrons. The van der Waals surface area contributed by atoms with Crippen molar-refractivity contribution in [3.8, 4) is 28.9 Å². The van der Waals surface area contributed by atoms with E-state index < -0.39 is 0 Å². The fraction of sp³-hybridized carbons (Fsp3) is 0.280. The average Bonchev–Trinajstić information content (AvgIpc) is 3.31. The Balaban J connectivity index is 1.35. The van der Waals surface area contributed by atoms with Crippen molar-refractivity contribution in [2.45, 2.75) is 26.9 Å². The van der Waals surface area contributed by atoms with Crippen molar-refractivity contribution in [2.75, 3.05) is 19.9 Å². The first kappa shape index (κ1) is 22.3. The largest absolute Gasteiger partial charge is 0.490 e. The maximum absolute atomic E-state index is 5.88. The molecule has 8 nitrogen and oxygen atoms in total. The maximum atomic E-state index is 5.88. The van der Waals surface area contributed by atoms with Crippen molar-refractivity contribution < 1.29 is 18.9 Å². The number of aromatic nitrogens is 1. The Morgan fingerprint density at radius 3 is 2.58 bits per heavy atom. The Labute approximate surface area is 193 Å². The van der Waals surface area contributed by atoms with Crippen LogP contribution in [0.2, 0.25) is 0 Å². The lowest BCUT2D eigenvalue weighted by atomic mass is 10.2. The van der Waals surface area contributed by atoms with Gasteiger partial charge >= 0.3 is 0 Å². The zero-order chi connectivity index (χ0) is 22.9. The van der Waals surface area contributed by atoms with Crippen LogP contribution in [0.25, 0.3) is 0 Å². The Morgan fingerprint density at radius 2 is 1.79 bits per heavy atom. The molecule has 0 saturated heterocycles. The number of benzene rings is 2. The normalized spacial score (nSPS) is 12.4. The highest BCUT2D eigenvalue weighted by molar-refractivity contribution is 5.79. The number of aliphatic imine (C=N–C) groups is 1. The molecule has 2 N–H and O–H groups in total. The quantitative estimate of drug-likeness (QED) is 0.374. The summed E-state index contributed by atoms with van der Waals surface area (Å²) in [6.07, 6.45) is 1.77. The molecule has 0 unspecified atom stereocenters. The molecule has 0 amide bonds. The molecule has 33 heavy (non-hydrogen) atoms. The molecule has 4 rings (SSSR count). The maximum Gasteiger partial charge on any atom is 0.231 e. The molecule has 0 aliphatic carbocycles. The molecular weight excluding hydrogens is 420 g/mol. The Hall–Kier alpha value is -3.94. The second-order valence-corrected chi connectivity index (χ2v) is 7.22. The lowest BCUT2D eigenvalue weighted by Gasteiger charge is -2.12. The highest BCUT2D eigenvalue weighted by Crippen LogP contribution is 2.32. The molecule has 0 fully saturated rings. The van der Waals surface area contributed by atoms with Crippen LogP contribution in [-0.2, 0) is 13.1 Å². The van der Waals surface area contributed by atoms with Crippen LogP contribution in [0.4, 0.5) is 0 Å². The Morgan fingerprint density at radius 1 is 0.970 bits per heavy atom. The second-order valence-electron chi connectivity index (χ2n) is 7.22. The molecule has 2 heterocycles. The number of ether oxygens (including phenoxy) is 4. The van der Waals surface area contributed by atoms with Gasteiger partial charge in [0.15, 0.2) is 29.0 Å². The molecule has 8 heteroatoms. The molecule has 172 valence electrons. The van der Waals surface area contributed by atoms with E-state index in [9.17, 15) is 0 Å². The van der Waals surface area contributed by atoms with Gasteiger partial charge in [-0.2, -0.15) is 0 Å². The first-order valence-electron chi connectivity index (χ1n) is 11.0. The topological polar surface area (TPSA) is 86.2 Å². The fourth-order valence-electron chi connectivity index (χ4n) is 3.24. The van der Waals surface area contributed by atoms with E-state index in [1.54, 1.807) is 6.20 Å². The van der Waals surface area contributed by atoms with E-state index in [1.165, 1.54) is 0 Å². The van der Waals surface area contributed by atoms with Crippen molar-refractivity contribution >= 4 is 5.96 Å². The van der Waals surface area contributed by atoms with Crippen molar-refractivity contribution in [3.63, 3.8) is 0 Å². The monoisotopic (exact) mass is 448 g/mol. The number of pyridine rings is 1. The van der Waals surface area contributed by atoms with E-state index in [4.69, 9.17) is 18.9 Å². The van der Waals surface area contributed by atoms with E-state index in [1.807, 2.05) is 68.4 Å². The van der Waals surface area contributed by atoms with Crippen LogP contribution in [0.15, 0.2) is 65.8 Å². The number of nitrogens with one attached hydrogen (secondary N) is 2. The Kier molecular flexibility index (Phi) is 7.48. The lowest BCUT2D eigenvalue weighted by Crippen LogP contribution is -2.36. The summed E-state index contributed by atoms with van der Waals surface area (Å²) in [7, 11) is 0. The van der Waals surface area contributed by atoms with E-state index in [-0.39, 0.29) is 6.79 Å². The summed E-state index contributed by atoms with van der Waals surface area (Å²) in [6, 6.07) is 17.2. The molecule has 3 aromatic rings. The number of para-hydroxylation sites is 2. The van der Waals surface area contributed by atoms with Crippen LogP contribution in [0.1, 0.15) is 25.0 Å². The van der Waals surface area contributed by atoms with E-state index in [2.05, 4.69) is 20.6 Å². The summed E-state index contributed by atoms with van der Waals surface area (Å²) >= 11 is 0. The summed E-state index contributed by atoms with van der Waals surface area (Å²) in [5.41, 5.74) is 2.06. The second kappa shape index (κ2) is 11.1. The first-order chi connectivity index (χ1) is 16.2. The van der Waals surface area contributed by atoms with Gasteiger partial charge in [0.05, 0.1) is 13.2 Å². The van der Waals surface area contributed by atoms with Gasteiger partial charge in [0.25, 0.3) is 0 Å². The van der Waals surface area contributed by atoms with Crippen LogP contribution in [0.5, 0.6) is 28.9 Å². The number of nitrogens with zero attached hydrogens (tertiary/aromatic N) is 2. The number of rotatable bonds is 9. The smallest absolute Gasteiger partial charge is 0.231 e. The van der Waals surface area contributed by atoms with Crippen LogP contribution in [-0.4, -0.2) is 30.9 Å². The summed E-state index contributed by atoms with van der Waals surface area (Å²) in [5, 5.41) is 6.61. The van der Waals surface area contributed by atoms with Crippen LogP contribution in [0.3, 0.4) is 0 Å². The number of fused-ring (bicyclic) bond motifs is 1. The first-order valence-corrected chi connectivity index (χ1v) is 11.0. The minimum Gasteiger partial charge on any atom is -0.490 e. The third-order valence-corrected chi connectivity index (χ3v) is 4.82. The molecule has 0 saturated carbocycles.